The quantitative estimate of drug-likeness (QED) is 0.795. The molecule has 2 unspecified atom stereocenters. The molecule has 0 bridgehead atoms. The number of benzene rings is 2. The topological polar surface area (TPSA) is 66.4 Å². The largest absolute Gasteiger partial charge is 0.481 e. The zero-order valence-corrected chi connectivity index (χ0v) is 14.3. The van der Waals surface area contributed by atoms with E-state index in [0.29, 0.717) is 17.0 Å². The molecular formula is C19H16ClF2NO3. The number of amides is 1. The van der Waals surface area contributed by atoms with Crippen molar-refractivity contribution in [1.82, 2.24) is 5.32 Å². The van der Waals surface area contributed by atoms with Gasteiger partial charge in [0.15, 0.2) is 11.6 Å². The zero-order valence-electron chi connectivity index (χ0n) is 13.6. The average molecular weight is 380 g/mol. The Hall–Kier alpha value is -2.47. The van der Waals surface area contributed by atoms with Gasteiger partial charge in [0.25, 0.3) is 0 Å². The van der Waals surface area contributed by atoms with Crippen LogP contribution in [0.25, 0.3) is 0 Å². The van der Waals surface area contributed by atoms with Crippen molar-refractivity contribution in [2.24, 2.45) is 5.92 Å². The summed E-state index contributed by atoms with van der Waals surface area (Å²) in [6.07, 6.45) is 0.103. The van der Waals surface area contributed by atoms with E-state index in [9.17, 15) is 18.4 Å². The Balaban J connectivity index is 1.72. The van der Waals surface area contributed by atoms with E-state index < -0.39 is 35.5 Å². The molecule has 0 aliphatic heterocycles. The summed E-state index contributed by atoms with van der Waals surface area (Å²) in [5.41, 5.74) is 0.783. The van der Waals surface area contributed by atoms with Crippen LogP contribution in [0.5, 0.6) is 0 Å². The first kappa shape index (κ1) is 18.3. The minimum Gasteiger partial charge on any atom is -0.481 e. The minimum atomic E-state index is -1.06. The van der Waals surface area contributed by atoms with Gasteiger partial charge in [-0.3, -0.25) is 9.59 Å². The molecule has 1 aliphatic carbocycles. The van der Waals surface area contributed by atoms with Gasteiger partial charge < -0.3 is 10.4 Å². The van der Waals surface area contributed by atoms with Crippen LogP contribution >= 0.6 is 11.6 Å². The van der Waals surface area contributed by atoms with E-state index in [1.807, 2.05) is 0 Å². The fraction of sp³-hybridized carbons (Fsp3) is 0.263. The summed E-state index contributed by atoms with van der Waals surface area (Å²) >= 11 is 5.83. The van der Waals surface area contributed by atoms with E-state index in [0.717, 1.165) is 6.07 Å². The van der Waals surface area contributed by atoms with E-state index in [4.69, 9.17) is 16.7 Å². The highest BCUT2D eigenvalue weighted by molar-refractivity contribution is 6.30. The van der Waals surface area contributed by atoms with Gasteiger partial charge in [-0.25, -0.2) is 8.78 Å². The fourth-order valence-electron chi connectivity index (χ4n) is 3.04. The lowest BCUT2D eigenvalue weighted by Gasteiger charge is -2.18. The van der Waals surface area contributed by atoms with E-state index >= 15 is 0 Å². The summed E-state index contributed by atoms with van der Waals surface area (Å²) in [5.74, 6) is -4.23. The molecule has 3 atom stereocenters. The monoisotopic (exact) mass is 379 g/mol. The molecule has 0 spiro atoms. The van der Waals surface area contributed by atoms with Crippen LogP contribution in [0, 0.1) is 17.6 Å². The number of carboxylic acid groups (broad SMARTS) is 1. The highest BCUT2D eigenvalue weighted by atomic mass is 35.5. The molecule has 7 heteroatoms. The number of carboxylic acids is 1. The molecule has 0 heterocycles. The Labute approximate surface area is 153 Å². The number of aliphatic carboxylic acids is 1. The van der Waals surface area contributed by atoms with Gasteiger partial charge in [-0.2, -0.15) is 0 Å². The van der Waals surface area contributed by atoms with Crippen LogP contribution in [0.15, 0.2) is 42.5 Å². The van der Waals surface area contributed by atoms with Crippen LogP contribution in [0.1, 0.15) is 35.9 Å². The number of nitrogens with one attached hydrogen (secondary N) is 1. The molecule has 1 saturated carbocycles. The number of carbonyl (C=O) groups is 2. The van der Waals surface area contributed by atoms with E-state index in [2.05, 4.69) is 5.32 Å². The van der Waals surface area contributed by atoms with Gasteiger partial charge in [0.2, 0.25) is 5.91 Å². The molecule has 26 heavy (non-hydrogen) atoms. The highest BCUT2D eigenvalue weighted by Gasteiger charge is 2.46. The van der Waals surface area contributed by atoms with Crippen molar-refractivity contribution in [2.75, 3.05) is 0 Å². The highest BCUT2D eigenvalue weighted by Crippen LogP contribution is 2.48. The lowest BCUT2D eigenvalue weighted by molar-refractivity contribution is -0.137. The summed E-state index contributed by atoms with van der Waals surface area (Å²) < 4.78 is 27.2. The molecule has 1 fully saturated rings. The summed E-state index contributed by atoms with van der Waals surface area (Å²) in [6.45, 7) is 0. The van der Waals surface area contributed by atoms with Crippen molar-refractivity contribution >= 4 is 23.5 Å². The van der Waals surface area contributed by atoms with Crippen molar-refractivity contribution in [2.45, 2.75) is 24.8 Å². The van der Waals surface area contributed by atoms with Crippen LogP contribution in [0.4, 0.5) is 8.78 Å². The van der Waals surface area contributed by atoms with Crippen molar-refractivity contribution < 1.29 is 23.5 Å². The van der Waals surface area contributed by atoms with Crippen LogP contribution < -0.4 is 5.32 Å². The molecule has 4 nitrogen and oxygen atoms in total. The molecule has 2 aromatic rings. The zero-order chi connectivity index (χ0) is 18.8. The maximum atomic E-state index is 13.9. The predicted molar refractivity (Wildman–Crippen MR) is 91.8 cm³/mol. The molecule has 0 radical (unpaired) electrons. The van der Waals surface area contributed by atoms with Crippen LogP contribution in [-0.4, -0.2) is 17.0 Å². The molecule has 2 aromatic carbocycles. The lowest BCUT2D eigenvalue weighted by atomic mass is 10.0. The fourth-order valence-corrected chi connectivity index (χ4v) is 3.16. The molecule has 136 valence electrons. The SMILES string of the molecule is O=C(O)C[C@H](NC(=O)C1CC1c1cccc(F)c1F)c1ccc(Cl)cc1. The smallest absolute Gasteiger partial charge is 0.305 e. The van der Waals surface area contributed by atoms with Crippen LogP contribution in [-0.2, 0) is 9.59 Å². The molecule has 0 saturated heterocycles. The summed E-state index contributed by atoms with van der Waals surface area (Å²) in [4.78, 5) is 23.6. The molecule has 1 aliphatic rings. The third-order valence-corrected chi connectivity index (χ3v) is 4.73. The van der Waals surface area contributed by atoms with Gasteiger partial charge in [0, 0.05) is 10.9 Å². The number of carbonyl (C=O) groups excluding carboxylic acids is 1. The van der Waals surface area contributed by atoms with Crippen LogP contribution in [0.2, 0.25) is 5.02 Å². The van der Waals surface area contributed by atoms with E-state index in [-0.39, 0.29) is 17.9 Å². The second-order valence-electron chi connectivity index (χ2n) is 6.30. The maximum absolute atomic E-state index is 13.9. The minimum absolute atomic E-state index is 0.173. The summed E-state index contributed by atoms with van der Waals surface area (Å²) in [7, 11) is 0. The molecule has 2 N–H and O–H groups in total. The Bertz CT molecular complexity index is 841. The molecule has 1 amide bonds. The second-order valence-corrected chi connectivity index (χ2v) is 6.74. The predicted octanol–water partition coefficient (Wildman–Crippen LogP) is 4.05. The van der Waals surface area contributed by atoms with Crippen molar-refractivity contribution in [3.05, 3.63) is 70.2 Å². The average Bonchev–Trinajstić information content (AvgIpc) is 3.37. The Morgan fingerprint density at radius 3 is 2.54 bits per heavy atom. The van der Waals surface area contributed by atoms with Gasteiger partial charge in [-0.1, -0.05) is 35.9 Å². The number of hydrogen-bond donors (Lipinski definition) is 2. The second kappa shape index (κ2) is 7.41. The number of halogens is 3. The van der Waals surface area contributed by atoms with E-state index in [1.165, 1.54) is 12.1 Å². The van der Waals surface area contributed by atoms with Gasteiger partial charge in [-0.15, -0.1) is 0 Å². The third kappa shape index (κ3) is 4.02. The Kier molecular flexibility index (Phi) is 5.23. The first-order valence-corrected chi connectivity index (χ1v) is 8.46. The standard InChI is InChI=1S/C19H16ClF2NO3/c20-11-6-4-10(5-7-11)16(9-17(24)25)23-19(26)14-8-13(14)12-2-1-3-15(21)18(12)22/h1-7,13-14,16H,8-9H2,(H,23,26)(H,24,25)/t13?,14?,16-/m0/s1. The van der Waals surface area contributed by atoms with Crippen molar-refractivity contribution in [1.29, 1.82) is 0 Å². The Morgan fingerprint density at radius 2 is 1.88 bits per heavy atom. The normalized spacial score (nSPS) is 19.7. The van der Waals surface area contributed by atoms with Gasteiger partial charge in [-0.05, 0) is 41.7 Å². The van der Waals surface area contributed by atoms with Gasteiger partial charge in [0.05, 0.1) is 12.5 Å². The van der Waals surface area contributed by atoms with Crippen LogP contribution in [0.3, 0.4) is 0 Å². The molecular weight excluding hydrogens is 364 g/mol. The Morgan fingerprint density at radius 1 is 1.19 bits per heavy atom. The molecule has 3 rings (SSSR count). The van der Waals surface area contributed by atoms with Crippen molar-refractivity contribution in [3.63, 3.8) is 0 Å². The van der Waals surface area contributed by atoms with E-state index in [1.54, 1.807) is 24.3 Å². The summed E-state index contributed by atoms with van der Waals surface area (Å²) in [6, 6.07) is 9.68. The first-order valence-electron chi connectivity index (χ1n) is 8.08. The molecule has 0 aromatic heterocycles. The maximum Gasteiger partial charge on any atom is 0.305 e. The van der Waals surface area contributed by atoms with Gasteiger partial charge in [0.1, 0.15) is 0 Å². The third-order valence-electron chi connectivity index (χ3n) is 4.48. The van der Waals surface area contributed by atoms with Gasteiger partial charge >= 0.3 is 5.97 Å². The summed E-state index contributed by atoms with van der Waals surface area (Å²) in [5, 5.41) is 12.3. The first-order chi connectivity index (χ1) is 12.4. The number of hydrogen-bond acceptors (Lipinski definition) is 2. The number of rotatable bonds is 6. The lowest BCUT2D eigenvalue weighted by Crippen LogP contribution is -2.31. The van der Waals surface area contributed by atoms with Crippen molar-refractivity contribution in [3.8, 4) is 0 Å².